The van der Waals surface area contributed by atoms with Gasteiger partial charge in [0.2, 0.25) is 0 Å². The van der Waals surface area contributed by atoms with E-state index in [0.29, 0.717) is 19.4 Å². The summed E-state index contributed by atoms with van der Waals surface area (Å²) in [5.74, 6) is 0.195. The average molecular weight is 262 g/mol. The van der Waals surface area contributed by atoms with Gasteiger partial charge in [-0.2, -0.15) is 0 Å². The second-order valence-electron chi connectivity index (χ2n) is 5.10. The lowest BCUT2D eigenvalue weighted by atomic mass is 10.0. The van der Waals surface area contributed by atoms with E-state index in [1.54, 1.807) is 6.21 Å². The Labute approximate surface area is 114 Å². The van der Waals surface area contributed by atoms with Crippen LogP contribution >= 0.6 is 0 Å². The van der Waals surface area contributed by atoms with Crippen LogP contribution in [0, 0.1) is 0 Å². The van der Waals surface area contributed by atoms with Gasteiger partial charge in [-0.1, -0.05) is 25.8 Å². The van der Waals surface area contributed by atoms with E-state index in [-0.39, 0.29) is 18.4 Å². The van der Waals surface area contributed by atoms with Crippen LogP contribution in [0.4, 0.5) is 0 Å². The molecule has 0 aromatic rings. The normalized spacial score (nSPS) is 19.7. The molecule has 2 aliphatic rings. The number of allylic oxidation sites excluding steroid dienone is 2. The molecule has 0 aromatic carbocycles. The lowest BCUT2D eigenvalue weighted by Gasteiger charge is -2.17. The van der Waals surface area contributed by atoms with E-state index in [0.717, 1.165) is 36.1 Å². The number of unbranched alkanes of at least 4 members (excludes halogenated alkanes) is 1. The Hall–Kier alpha value is -1.26. The van der Waals surface area contributed by atoms with Gasteiger partial charge in [-0.3, -0.25) is 9.79 Å². The van der Waals surface area contributed by atoms with Crippen molar-refractivity contribution >= 4 is 12.0 Å². The summed E-state index contributed by atoms with van der Waals surface area (Å²) in [6.07, 6.45) is 8.14. The second kappa shape index (κ2) is 6.78. The van der Waals surface area contributed by atoms with Crippen LogP contribution < -0.4 is 5.32 Å². The molecule has 4 nitrogen and oxygen atoms in total. The number of Topliss-reactive ketones (excluding diaryl/α,β-unsaturated/α-hetero) is 1. The lowest BCUT2D eigenvalue weighted by molar-refractivity contribution is -0.114. The molecular formula is C15H22N2O2. The molecule has 1 unspecified atom stereocenters. The molecule has 0 spiro atoms. The number of aliphatic hydroxyl groups excluding tert-OH is 1. The Morgan fingerprint density at radius 2 is 2.32 bits per heavy atom. The molecule has 0 amide bonds. The SMILES string of the molecule is CCCCC(CO)NCC1=CCC2=C1N=CCC2=O. The van der Waals surface area contributed by atoms with E-state index >= 15 is 0 Å². The lowest BCUT2D eigenvalue weighted by Crippen LogP contribution is -2.34. The van der Waals surface area contributed by atoms with Gasteiger partial charge >= 0.3 is 0 Å². The molecular weight excluding hydrogens is 240 g/mol. The molecule has 1 aliphatic carbocycles. The highest BCUT2D eigenvalue weighted by Crippen LogP contribution is 2.30. The molecule has 1 aliphatic heterocycles. The van der Waals surface area contributed by atoms with Gasteiger partial charge in [-0.15, -0.1) is 0 Å². The molecule has 0 fully saturated rings. The van der Waals surface area contributed by atoms with Gasteiger partial charge in [0, 0.05) is 30.8 Å². The molecule has 0 bridgehead atoms. The first-order valence-corrected chi connectivity index (χ1v) is 7.08. The zero-order chi connectivity index (χ0) is 13.7. The molecule has 0 radical (unpaired) electrons. The number of nitrogens with one attached hydrogen (secondary N) is 1. The topological polar surface area (TPSA) is 61.7 Å². The van der Waals surface area contributed by atoms with Crippen LogP contribution in [0.5, 0.6) is 0 Å². The van der Waals surface area contributed by atoms with Gasteiger partial charge < -0.3 is 10.4 Å². The fourth-order valence-electron chi connectivity index (χ4n) is 2.48. The van der Waals surface area contributed by atoms with Crippen LogP contribution in [0.2, 0.25) is 0 Å². The third-order valence-corrected chi connectivity index (χ3v) is 3.68. The molecule has 104 valence electrons. The van der Waals surface area contributed by atoms with Crippen LogP contribution in [0.15, 0.2) is 27.9 Å². The largest absolute Gasteiger partial charge is 0.395 e. The molecule has 0 aromatic heterocycles. The average Bonchev–Trinajstić information content (AvgIpc) is 2.84. The molecule has 0 saturated heterocycles. The van der Waals surface area contributed by atoms with Gasteiger partial charge in [0.25, 0.3) is 0 Å². The minimum absolute atomic E-state index is 0.133. The highest BCUT2D eigenvalue weighted by atomic mass is 16.3. The van der Waals surface area contributed by atoms with Crippen molar-refractivity contribution in [3.8, 4) is 0 Å². The summed E-state index contributed by atoms with van der Waals surface area (Å²) in [6.45, 7) is 2.98. The maximum atomic E-state index is 11.7. The maximum Gasteiger partial charge on any atom is 0.166 e. The van der Waals surface area contributed by atoms with Crippen LogP contribution in [-0.2, 0) is 4.79 Å². The zero-order valence-electron chi connectivity index (χ0n) is 11.5. The van der Waals surface area contributed by atoms with Crippen molar-refractivity contribution in [1.82, 2.24) is 5.32 Å². The van der Waals surface area contributed by atoms with Crippen LogP contribution in [0.1, 0.15) is 39.0 Å². The van der Waals surface area contributed by atoms with E-state index in [1.807, 2.05) is 0 Å². The Morgan fingerprint density at radius 3 is 3.05 bits per heavy atom. The fourth-order valence-corrected chi connectivity index (χ4v) is 2.48. The van der Waals surface area contributed by atoms with Gasteiger partial charge in [0.1, 0.15) is 0 Å². The van der Waals surface area contributed by atoms with Gasteiger partial charge in [0.15, 0.2) is 5.78 Å². The number of aliphatic imine (C=N–C) groups is 1. The zero-order valence-corrected chi connectivity index (χ0v) is 11.5. The van der Waals surface area contributed by atoms with Crippen molar-refractivity contribution in [3.63, 3.8) is 0 Å². The van der Waals surface area contributed by atoms with Crippen molar-refractivity contribution in [2.45, 2.75) is 45.1 Å². The van der Waals surface area contributed by atoms with E-state index in [4.69, 9.17) is 0 Å². The van der Waals surface area contributed by atoms with Crippen LogP contribution in [0.25, 0.3) is 0 Å². The first kappa shape index (κ1) is 14.2. The number of carbonyl (C=O) groups is 1. The van der Waals surface area contributed by atoms with E-state index in [9.17, 15) is 9.90 Å². The van der Waals surface area contributed by atoms with Gasteiger partial charge in [-0.05, 0) is 18.4 Å². The van der Waals surface area contributed by atoms with Crippen molar-refractivity contribution in [2.24, 2.45) is 4.99 Å². The molecule has 4 heteroatoms. The van der Waals surface area contributed by atoms with Crippen molar-refractivity contribution in [1.29, 1.82) is 0 Å². The summed E-state index contributed by atoms with van der Waals surface area (Å²) in [5.41, 5.74) is 2.80. The first-order chi connectivity index (χ1) is 9.26. The molecule has 1 heterocycles. The number of hydrogen-bond acceptors (Lipinski definition) is 4. The minimum Gasteiger partial charge on any atom is -0.395 e. The van der Waals surface area contributed by atoms with Crippen LogP contribution in [0.3, 0.4) is 0 Å². The first-order valence-electron chi connectivity index (χ1n) is 7.08. The maximum absolute atomic E-state index is 11.7. The predicted molar refractivity (Wildman–Crippen MR) is 76.2 cm³/mol. The Bertz CT molecular complexity index is 435. The number of hydrogen-bond donors (Lipinski definition) is 2. The quantitative estimate of drug-likeness (QED) is 0.735. The fraction of sp³-hybridized carbons (Fsp3) is 0.600. The third kappa shape index (κ3) is 3.39. The number of ketones is 1. The Balaban J connectivity index is 1.90. The van der Waals surface area contributed by atoms with Crippen molar-refractivity contribution < 1.29 is 9.90 Å². The number of rotatable bonds is 7. The monoisotopic (exact) mass is 262 g/mol. The highest BCUT2D eigenvalue weighted by molar-refractivity contribution is 6.07. The number of aliphatic hydroxyl groups is 1. The summed E-state index contributed by atoms with van der Waals surface area (Å²) in [5, 5.41) is 12.7. The molecule has 1 atom stereocenters. The smallest absolute Gasteiger partial charge is 0.166 e. The molecule has 2 rings (SSSR count). The van der Waals surface area contributed by atoms with E-state index in [1.165, 1.54) is 0 Å². The van der Waals surface area contributed by atoms with Gasteiger partial charge in [-0.25, -0.2) is 0 Å². The standard InChI is InChI=1S/C15H22N2O2/c1-2-3-4-12(10-18)17-9-11-5-6-13-14(19)7-8-16-15(11)13/h5,8,12,17-18H,2-4,6-7,9-10H2,1H3. The molecule has 0 saturated carbocycles. The van der Waals surface area contributed by atoms with Crippen molar-refractivity contribution in [2.75, 3.05) is 13.2 Å². The van der Waals surface area contributed by atoms with E-state index in [2.05, 4.69) is 23.3 Å². The Kier molecular flexibility index (Phi) is 5.05. The highest BCUT2D eigenvalue weighted by Gasteiger charge is 2.24. The summed E-state index contributed by atoms with van der Waals surface area (Å²) in [6, 6.07) is 0.133. The number of nitrogens with zero attached hydrogens (tertiary/aromatic N) is 1. The summed E-state index contributed by atoms with van der Waals surface area (Å²) < 4.78 is 0. The minimum atomic E-state index is 0.133. The van der Waals surface area contributed by atoms with E-state index < -0.39 is 0 Å². The summed E-state index contributed by atoms with van der Waals surface area (Å²) in [7, 11) is 0. The van der Waals surface area contributed by atoms with Crippen molar-refractivity contribution in [3.05, 3.63) is 22.9 Å². The van der Waals surface area contributed by atoms with Crippen LogP contribution in [-0.4, -0.2) is 36.3 Å². The summed E-state index contributed by atoms with van der Waals surface area (Å²) in [4.78, 5) is 16.1. The molecule has 19 heavy (non-hydrogen) atoms. The molecule has 2 N–H and O–H groups in total. The number of carbonyl (C=O) groups excluding carboxylic acids is 1. The second-order valence-corrected chi connectivity index (χ2v) is 5.10. The third-order valence-electron chi connectivity index (χ3n) is 3.68. The van der Waals surface area contributed by atoms with Gasteiger partial charge in [0.05, 0.1) is 12.3 Å². The summed E-state index contributed by atoms with van der Waals surface area (Å²) >= 11 is 0. The predicted octanol–water partition coefficient (Wildman–Crippen LogP) is 1.75. The Morgan fingerprint density at radius 1 is 1.47 bits per heavy atom.